The Balaban J connectivity index is 1.59. The molecule has 2 heterocycles. The Labute approximate surface area is 113 Å². The highest BCUT2D eigenvalue weighted by Crippen LogP contribution is 2.23. The normalized spacial score (nSPS) is 25.2. The number of rotatable bonds is 4. The summed E-state index contributed by atoms with van der Waals surface area (Å²) < 4.78 is 24.2. The highest BCUT2D eigenvalue weighted by molar-refractivity contribution is 5.17. The summed E-state index contributed by atoms with van der Waals surface area (Å²) in [5, 5.41) is 0. The van der Waals surface area contributed by atoms with Gasteiger partial charge < -0.3 is 9.47 Å². The third-order valence-electron chi connectivity index (χ3n) is 3.93. The van der Waals surface area contributed by atoms with E-state index < -0.39 is 0 Å². The third-order valence-corrected chi connectivity index (χ3v) is 3.93. The van der Waals surface area contributed by atoms with E-state index in [0.717, 1.165) is 25.1 Å². The fourth-order valence-corrected chi connectivity index (χ4v) is 3.01. The van der Waals surface area contributed by atoms with Crippen molar-refractivity contribution in [2.75, 3.05) is 26.3 Å². The molecular weight excluding hydrogens is 245 g/mol. The van der Waals surface area contributed by atoms with Gasteiger partial charge in [-0.2, -0.15) is 0 Å². The molecule has 2 aliphatic heterocycles. The lowest BCUT2D eigenvalue weighted by molar-refractivity contribution is -0.0638. The third kappa shape index (κ3) is 3.32. The first kappa shape index (κ1) is 13.0. The maximum Gasteiger partial charge on any atom is 0.170 e. The van der Waals surface area contributed by atoms with Crippen LogP contribution in [-0.2, 0) is 15.9 Å². The summed E-state index contributed by atoms with van der Waals surface area (Å²) in [5.74, 6) is -0.149. The van der Waals surface area contributed by atoms with Gasteiger partial charge in [-0.3, -0.25) is 4.90 Å². The molecule has 0 aromatic heterocycles. The van der Waals surface area contributed by atoms with Crippen molar-refractivity contribution in [1.29, 1.82) is 0 Å². The maximum atomic E-state index is 13.2. The summed E-state index contributed by atoms with van der Waals surface area (Å²) in [6, 6.07) is 7.40. The van der Waals surface area contributed by atoms with Crippen molar-refractivity contribution in [1.82, 2.24) is 4.90 Å². The molecule has 1 aromatic rings. The van der Waals surface area contributed by atoms with Gasteiger partial charge in [0.2, 0.25) is 0 Å². The van der Waals surface area contributed by atoms with E-state index in [0.29, 0.717) is 19.3 Å². The van der Waals surface area contributed by atoms with E-state index in [9.17, 15) is 4.39 Å². The van der Waals surface area contributed by atoms with Gasteiger partial charge in [0, 0.05) is 12.6 Å². The van der Waals surface area contributed by atoms with Crippen molar-refractivity contribution < 1.29 is 13.9 Å². The van der Waals surface area contributed by atoms with Crippen LogP contribution >= 0.6 is 0 Å². The summed E-state index contributed by atoms with van der Waals surface area (Å²) in [5.41, 5.74) is 1.07. The largest absolute Gasteiger partial charge is 0.349 e. The van der Waals surface area contributed by atoms with Gasteiger partial charge in [0.15, 0.2) is 6.29 Å². The van der Waals surface area contributed by atoms with E-state index in [1.54, 1.807) is 12.1 Å². The maximum absolute atomic E-state index is 13.2. The molecule has 2 saturated heterocycles. The van der Waals surface area contributed by atoms with E-state index in [1.165, 1.54) is 18.9 Å². The van der Waals surface area contributed by atoms with Crippen LogP contribution in [-0.4, -0.2) is 43.5 Å². The Morgan fingerprint density at radius 3 is 2.89 bits per heavy atom. The Bertz CT molecular complexity index is 420. The lowest BCUT2D eigenvalue weighted by atomic mass is 10.0. The van der Waals surface area contributed by atoms with E-state index in [2.05, 4.69) is 4.90 Å². The van der Waals surface area contributed by atoms with Gasteiger partial charge in [0.25, 0.3) is 0 Å². The summed E-state index contributed by atoms with van der Waals surface area (Å²) in [6.45, 7) is 3.32. The Hall–Kier alpha value is -0.970. The molecule has 0 saturated carbocycles. The summed E-state index contributed by atoms with van der Waals surface area (Å²) in [6.07, 6.45) is 3.20. The molecule has 1 atom stereocenters. The number of likely N-dealkylation sites (tertiary alicyclic amines) is 1. The molecule has 0 aliphatic carbocycles. The van der Waals surface area contributed by atoms with Crippen molar-refractivity contribution in [3.8, 4) is 0 Å². The molecule has 19 heavy (non-hydrogen) atoms. The smallest absolute Gasteiger partial charge is 0.170 e. The van der Waals surface area contributed by atoms with Crippen LogP contribution in [0.3, 0.4) is 0 Å². The molecule has 4 heteroatoms. The van der Waals surface area contributed by atoms with Gasteiger partial charge in [-0.15, -0.1) is 0 Å². The Morgan fingerprint density at radius 2 is 2.11 bits per heavy atom. The fraction of sp³-hybridized carbons (Fsp3) is 0.600. The fourth-order valence-electron chi connectivity index (χ4n) is 3.01. The van der Waals surface area contributed by atoms with Crippen molar-refractivity contribution >= 4 is 0 Å². The Kier molecular flexibility index (Phi) is 4.11. The van der Waals surface area contributed by atoms with Gasteiger partial charge in [-0.25, -0.2) is 4.39 Å². The molecule has 1 unspecified atom stereocenters. The molecule has 3 rings (SSSR count). The minimum atomic E-state index is -0.149. The second kappa shape index (κ2) is 5.99. The highest BCUT2D eigenvalue weighted by Gasteiger charge is 2.28. The molecule has 2 fully saturated rings. The highest BCUT2D eigenvalue weighted by atomic mass is 19.1. The van der Waals surface area contributed by atoms with Crippen LogP contribution in [0.25, 0.3) is 0 Å². The van der Waals surface area contributed by atoms with Crippen LogP contribution in [0.2, 0.25) is 0 Å². The average molecular weight is 265 g/mol. The van der Waals surface area contributed by atoms with Gasteiger partial charge in [0.05, 0.1) is 13.2 Å². The minimum Gasteiger partial charge on any atom is -0.349 e. The van der Waals surface area contributed by atoms with Gasteiger partial charge in [-0.05, 0) is 43.5 Å². The zero-order valence-corrected chi connectivity index (χ0v) is 11.1. The van der Waals surface area contributed by atoms with Crippen molar-refractivity contribution in [3.63, 3.8) is 0 Å². The predicted molar refractivity (Wildman–Crippen MR) is 70.4 cm³/mol. The number of nitrogens with zero attached hydrogens (tertiary/aromatic N) is 1. The van der Waals surface area contributed by atoms with Crippen LogP contribution < -0.4 is 0 Å². The number of halogens is 1. The van der Waals surface area contributed by atoms with Crippen LogP contribution in [0.1, 0.15) is 18.4 Å². The molecule has 0 radical (unpaired) electrons. The monoisotopic (exact) mass is 265 g/mol. The van der Waals surface area contributed by atoms with Crippen LogP contribution in [0.15, 0.2) is 24.3 Å². The first-order valence-corrected chi connectivity index (χ1v) is 7.03. The molecule has 1 aromatic carbocycles. The number of hydrogen-bond donors (Lipinski definition) is 0. The standard InChI is InChI=1S/C15H20FNO2/c16-13-4-1-3-12(9-13)10-14-5-2-6-17(14)11-15-18-7-8-19-15/h1,3-4,9,14-15H,2,5-8,10-11H2. The van der Waals surface area contributed by atoms with Crippen molar-refractivity contribution in [2.24, 2.45) is 0 Å². The van der Waals surface area contributed by atoms with Crippen LogP contribution in [0.4, 0.5) is 4.39 Å². The number of hydrogen-bond acceptors (Lipinski definition) is 3. The summed E-state index contributed by atoms with van der Waals surface area (Å²) >= 11 is 0. The first-order chi connectivity index (χ1) is 9.31. The lowest BCUT2D eigenvalue weighted by Gasteiger charge is -2.26. The molecule has 0 amide bonds. The topological polar surface area (TPSA) is 21.7 Å². The van der Waals surface area contributed by atoms with Crippen molar-refractivity contribution in [2.45, 2.75) is 31.6 Å². The van der Waals surface area contributed by atoms with E-state index in [-0.39, 0.29) is 12.1 Å². The zero-order chi connectivity index (χ0) is 13.1. The molecule has 2 aliphatic rings. The van der Waals surface area contributed by atoms with Gasteiger partial charge in [-0.1, -0.05) is 12.1 Å². The lowest BCUT2D eigenvalue weighted by Crippen LogP contribution is -2.37. The van der Waals surface area contributed by atoms with E-state index in [4.69, 9.17) is 9.47 Å². The minimum absolute atomic E-state index is 0.0758. The SMILES string of the molecule is Fc1cccc(CC2CCCN2CC2OCCO2)c1. The Morgan fingerprint density at radius 1 is 1.26 bits per heavy atom. The molecule has 0 spiro atoms. The van der Waals surface area contributed by atoms with Gasteiger partial charge in [0.1, 0.15) is 5.82 Å². The second-order valence-electron chi connectivity index (χ2n) is 5.30. The average Bonchev–Trinajstić information content (AvgIpc) is 3.03. The van der Waals surface area contributed by atoms with Gasteiger partial charge >= 0.3 is 0 Å². The van der Waals surface area contributed by atoms with Crippen LogP contribution in [0.5, 0.6) is 0 Å². The quantitative estimate of drug-likeness (QED) is 0.833. The molecule has 0 N–H and O–H groups in total. The molecule has 0 bridgehead atoms. The number of ether oxygens (including phenoxy) is 2. The predicted octanol–water partition coefficient (Wildman–Crippen LogP) is 2.21. The number of benzene rings is 1. The summed E-state index contributed by atoms with van der Waals surface area (Å²) in [4.78, 5) is 2.42. The first-order valence-electron chi connectivity index (χ1n) is 7.03. The molecule has 104 valence electrons. The second-order valence-corrected chi connectivity index (χ2v) is 5.30. The molecular formula is C15H20FNO2. The van der Waals surface area contributed by atoms with Crippen molar-refractivity contribution in [3.05, 3.63) is 35.6 Å². The summed E-state index contributed by atoms with van der Waals surface area (Å²) in [7, 11) is 0. The zero-order valence-electron chi connectivity index (χ0n) is 11.1. The van der Waals surface area contributed by atoms with E-state index >= 15 is 0 Å². The van der Waals surface area contributed by atoms with Crippen LogP contribution in [0, 0.1) is 5.82 Å². The molecule has 3 nitrogen and oxygen atoms in total. The van der Waals surface area contributed by atoms with E-state index in [1.807, 2.05) is 6.07 Å².